The molecule has 0 bridgehead atoms. The van der Waals surface area contributed by atoms with E-state index < -0.39 is 0 Å². The van der Waals surface area contributed by atoms with Crippen molar-refractivity contribution in [3.05, 3.63) is 0 Å². The van der Waals surface area contributed by atoms with Gasteiger partial charge in [0, 0.05) is 6.42 Å². The molecule has 0 aromatic heterocycles. The van der Waals surface area contributed by atoms with Crippen LogP contribution in [0.25, 0.3) is 0 Å². The first-order valence-corrected chi connectivity index (χ1v) is 5.20. The smallest absolute Gasteiger partial charge is 0.243 e. The largest absolute Gasteiger partial charge is 0.330 e. The standard InChI is InChI=1S/C10H22N2O2/c1-4-9(6-11)5-10(13)12-14-7-8(2)3/h8-9H,4-7,11H2,1-3H3,(H,12,13). The molecule has 3 N–H and O–H groups in total. The molecule has 0 saturated carbocycles. The lowest BCUT2D eigenvalue weighted by atomic mass is 10.0. The summed E-state index contributed by atoms with van der Waals surface area (Å²) in [6.07, 6.45) is 1.37. The third-order valence-corrected chi connectivity index (χ3v) is 1.99. The van der Waals surface area contributed by atoms with Crippen molar-refractivity contribution < 1.29 is 9.63 Å². The zero-order valence-corrected chi connectivity index (χ0v) is 9.38. The number of nitrogens with one attached hydrogen (secondary N) is 1. The van der Waals surface area contributed by atoms with Crippen LogP contribution in [0.5, 0.6) is 0 Å². The summed E-state index contributed by atoms with van der Waals surface area (Å²) >= 11 is 0. The Balaban J connectivity index is 3.54. The molecule has 4 nitrogen and oxygen atoms in total. The Kier molecular flexibility index (Phi) is 7.42. The quantitative estimate of drug-likeness (QED) is 0.607. The molecule has 1 atom stereocenters. The van der Waals surface area contributed by atoms with Crippen molar-refractivity contribution in [2.24, 2.45) is 17.6 Å². The van der Waals surface area contributed by atoms with E-state index in [-0.39, 0.29) is 11.8 Å². The van der Waals surface area contributed by atoms with E-state index >= 15 is 0 Å². The maximum Gasteiger partial charge on any atom is 0.243 e. The van der Waals surface area contributed by atoms with Crippen LogP contribution in [0.4, 0.5) is 0 Å². The number of hydrogen-bond acceptors (Lipinski definition) is 3. The summed E-state index contributed by atoms with van der Waals surface area (Å²) in [6, 6.07) is 0. The summed E-state index contributed by atoms with van der Waals surface area (Å²) in [7, 11) is 0. The Labute approximate surface area is 86.1 Å². The van der Waals surface area contributed by atoms with Gasteiger partial charge < -0.3 is 5.73 Å². The van der Waals surface area contributed by atoms with Gasteiger partial charge in [-0.15, -0.1) is 0 Å². The molecule has 0 spiro atoms. The minimum Gasteiger partial charge on any atom is -0.330 e. The van der Waals surface area contributed by atoms with Gasteiger partial charge in [-0.25, -0.2) is 5.48 Å². The summed E-state index contributed by atoms with van der Waals surface area (Å²) in [5.41, 5.74) is 7.91. The topological polar surface area (TPSA) is 64.4 Å². The Bertz CT molecular complexity index is 156. The fourth-order valence-corrected chi connectivity index (χ4v) is 0.987. The van der Waals surface area contributed by atoms with Crippen molar-refractivity contribution in [3.8, 4) is 0 Å². The number of amides is 1. The van der Waals surface area contributed by atoms with Gasteiger partial charge in [-0.05, 0) is 18.4 Å². The summed E-state index contributed by atoms with van der Waals surface area (Å²) in [5.74, 6) is 0.604. The van der Waals surface area contributed by atoms with Crippen LogP contribution < -0.4 is 11.2 Å². The molecular formula is C10H22N2O2. The van der Waals surface area contributed by atoms with Gasteiger partial charge in [0.2, 0.25) is 5.91 Å². The van der Waals surface area contributed by atoms with Crippen LogP contribution in [0.1, 0.15) is 33.6 Å². The Morgan fingerprint density at radius 2 is 2.14 bits per heavy atom. The van der Waals surface area contributed by atoms with E-state index in [2.05, 4.69) is 5.48 Å². The fourth-order valence-electron chi connectivity index (χ4n) is 0.987. The lowest BCUT2D eigenvalue weighted by molar-refractivity contribution is -0.135. The third kappa shape index (κ3) is 6.86. The Morgan fingerprint density at radius 3 is 2.57 bits per heavy atom. The van der Waals surface area contributed by atoms with E-state index in [0.717, 1.165) is 6.42 Å². The molecule has 0 aromatic carbocycles. The van der Waals surface area contributed by atoms with E-state index in [1.807, 2.05) is 20.8 Å². The summed E-state index contributed by atoms with van der Waals surface area (Å²) in [5, 5.41) is 0. The second-order valence-corrected chi connectivity index (χ2v) is 3.94. The van der Waals surface area contributed by atoms with Crippen molar-refractivity contribution in [3.63, 3.8) is 0 Å². The van der Waals surface area contributed by atoms with Crippen LogP contribution in [-0.4, -0.2) is 19.1 Å². The van der Waals surface area contributed by atoms with E-state index in [1.54, 1.807) is 0 Å². The van der Waals surface area contributed by atoms with E-state index in [0.29, 0.717) is 25.5 Å². The van der Waals surface area contributed by atoms with Crippen LogP contribution in [0.3, 0.4) is 0 Å². The molecule has 14 heavy (non-hydrogen) atoms. The summed E-state index contributed by atoms with van der Waals surface area (Å²) in [4.78, 5) is 16.3. The highest BCUT2D eigenvalue weighted by molar-refractivity contribution is 5.75. The Morgan fingerprint density at radius 1 is 1.50 bits per heavy atom. The van der Waals surface area contributed by atoms with Crippen molar-refractivity contribution in [1.82, 2.24) is 5.48 Å². The van der Waals surface area contributed by atoms with Gasteiger partial charge in [0.25, 0.3) is 0 Å². The summed E-state index contributed by atoms with van der Waals surface area (Å²) in [6.45, 7) is 7.18. The van der Waals surface area contributed by atoms with Gasteiger partial charge in [0.1, 0.15) is 0 Å². The summed E-state index contributed by atoms with van der Waals surface area (Å²) < 4.78 is 0. The van der Waals surface area contributed by atoms with Crippen LogP contribution in [-0.2, 0) is 9.63 Å². The number of hydroxylamine groups is 1. The molecule has 0 fully saturated rings. The number of carbonyl (C=O) groups excluding carboxylic acids is 1. The predicted octanol–water partition coefficient (Wildman–Crippen LogP) is 1.07. The molecule has 1 amide bonds. The number of hydrogen-bond donors (Lipinski definition) is 2. The molecule has 4 heteroatoms. The number of rotatable bonds is 7. The second-order valence-electron chi connectivity index (χ2n) is 3.94. The number of nitrogens with two attached hydrogens (primary N) is 1. The van der Waals surface area contributed by atoms with Crippen LogP contribution in [0.15, 0.2) is 0 Å². The lowest BCUT2D eigenvalue weighted by Crippen LogP contribution is -2.29. The number of carbonyl (C=O) groups is 1. The molecule has 0 saturated heterocycles. The highest BCUT2D eigenvalue weighted by Gasteiger charge is 2.10. The lowest BCUT2D eigenvalue weighted by Gasteiger charge is -2.12. The van der Waals surface area contributed by atoms with Crippen molar-refractivity contribution >= 4 is 5.91 Å². The molecule has 0 aromatic rings. The maximum atomic E-state index is 11.3. The van der Waals surface area contributed by atoms with Gasteiger partial charge in [-0.3, -0.25) is 9.63 Å². The van der Waals surface area contributed by atoms with Crippen molar-refractivity contribution in [2.45, 2.75) is 33.6 Å². The van der Waals surface area contributed by atoms with Crippen LogP contribution >= 0.6 is 0 Å². The minimum absolute atomic E-state index is 0.0806. The van der Waals surface area contributed by atoms with Gasteiger partial charge in [-0.1, -0.05) is 27.2 Å². The molecule has 0 rings (SSSR count). The van der Waals surface area contributed by atoms with Gasteiger partial charge in [0.15, 0.2) is 0 Å². The average Bonchev–Trinajstić information content (AvgIpc) is 2.13. The second kappa shape index (κ2) is 7.76. The maximum absolute atomic E-state index is 11.3. The first kappa shape index (κ1) is 13.4. The zero-order chi connectivity index (χ0) is 11.0. The third-order valence-electron chi connectivity index (χ3n) is 1.99. The van der Waals surface area contributed by atoms with E-state index in [9.17, 15) is 4.79 Å². The molecule has 0 radical (unpaired) electrons. The Hall–Kier alpha value is -0.610. The van der Waals surface area contributed by atoms with Gasteiger partial charge in [0.05, 0.1) is 6.61 Å². The van der Waals surface area contributed by atoms with Gasteiger partial charge in [-0.2, -0.15) is 0 Å². The highest BCUT2D eigenvalue weighted by Crippen LogP contribution is 2.05. The molecule has 0 aliphatic heterocycles. The molecule has 0 aliphatic carbocycles. The van der Waals surface area contributed by atoms with E-state index in [1.165, 1.54) is 0 Å². The van der Waals surface area contributed by atoms with E-state index in [4.69, 9.17) is 10.6 Å². The first-order chi connectivity index (χ1) is 6.60. The highest BCUT2D eigenvalue weighted by atomic mass is 16.6. The van der Waals surface area contributed by atoms with Crippen LogP contribution in [0.2, 0.25) is 0 Å². The molecular weight excluding hydrogens is 180 g/mol. The fraction of sp³-hybridized carbons (Fsp3) is 0.900. The zero-order valence-electron chi connectivity index (χ0n) is 9.38. The van der Waals surface area contributed by atoms with Crippen molar-refractivity contribution in [2.75, 3.05) is 13.2 Å². The van der Waals surface area contributed by atoms with Crippen molar-refractivity contribution in [1.29, 1.82) is 0 Å². The van der Waals surface area contributed by atoms with Crippen LogP contribution in [0, 0.1) is 11.8 Å². The first-order valence-electron chi connectivity index (χ1n) is 5.20. The predicted molar refractivity (Wildman–Crippen MR) is 56.4 cm³/mol. The molecule has 84 valence electrons. The molecule has 1 unspecified atom stereocenters. The minimum atomic E-state index is -0.0806. The molecule has 0 aliphatic rings. The monoisotopic (exact) mass is 202 g/mol. The SMILES string of the molecule is CCC(CN)CC(=O)NOCC(C)C. The van der Waals surface area contributed by atoms with Gasteiger partial charge >= 0.3 is 0 Å². The molecule has 0 heterocycles. The normalized spacial score (nSPS) is 12.9. The average molecular weight is 202 g/mol.